The van der Waals surface area contributed by atoms with Crippen molar-refractivity contribution in [2.24, 2.45) is 11.8 Å². The molecule has 2 saturated heterocycles. The first kappa shape index (κ1) is 17.8. The Hall–Kier alpha value is -1.63. The fourth-order valence-corrected chi connectivity index (χ4v) is 3.93. The Bertz CT molecular complexity index is 722. The molecule has 3 aliphatic rings. The third kappa shape index (κ3) is 3.46. The van der Waals surface area contributed by atoms with Gasteiger partial charge in [0.2, 0.25) is 11.8 Å². The molecule has 1 aliphatic carbocycles. The molecule has 2 amide bonds. The minimum Gasteiger partial charge on any atom is -0.347 e. The molecule has 2 atom stereocenters. The zero-order chi connectivity index (χ0) is 18.3. The van der Waals surface area contributed by atoms with Crippen molar-refractivity contribution in [3.63, 3.8) is 0 Å². The van der Waals surface area contributed by atoms with Gasteiger partial charge in [0, 0.05) is 36.6 Å². The minimum absolute atomic E-state index is 0.0694. The van der Waals surface area contributed by atoms with Crippen LogP contribution in [-0.4, -0.2) is 48.8 Å². The van der Waals surface area contributed by atoms with Crippen molar-refractivity contribution in [2.75, 3.05) is 31.6 Å². The van der Waals surface area contributed by atoms with E-state index in [2.05, 4.69) is 5.32 Å². The Morgan fingerprint density at radius 2 is 1.88 bits per heavy atom. The number of piperidine rings is 1. The molecule has 6 nitrogen and oxygen atoms in total. The second-order valence-electron chi connectivity index (χ2n) is 7.33. The summed E-state index contributed by atoms with van der Waals surface area (Å²) in [6.07, 6.45) is 2.01. The van der Waals surface area contributed by atoms with Crippen LogP contribution in [0.25, 0.3) is 0 Å². The Morgan fingerprint density at radius 1 is 1.19 bits per heavy atom. The maximum atomic E-state index is 12.7. The van der Waals surface area contributed by atoms with Crippen molar-refractivity contribution >= 4 is 29.1 Å². The lowest BCUT2D eigenvalue weighted by atomic mass is 10.0. The number of ether oxygens (including phenoxy) is 2. The van der Waals surface area contributed by atoms with Crippen LogP contribution < -0.4 is 5.32 Å². The maximum Gasteiger partial charge on any atom is 0.228 e. The van der Waals surface area contributed by atoms with Crippen molar-refractivity contribution < 1.29 is 19.1 Å². The molecule has 1 aromatic carbocycles. The van der Waals surface area contributed by atoms with Crippen molar-refractivity contribution in [3.8, 4) is 0 Å². The fourth-order valence-electron chi connectivity index (χ4n) is 3.75. The van der Waals surface area contributed by atoms with Crippen LogP contribution in [0, 0.1) is 18.8 Å². The first-order chi connectivity index (χ1) is 12.5. The van der Waals surface area contributed by atoms with Crippen LogP contribution in [-0.2, 0) is 19.1 Å². The van der Waals surface area contributed by atoms with Gasteiger partial charge in [0.15, 0.2) is 5.79 Å². The van der Waals surface area contributed by atoms with Gasteiger partial charge >= 0.3 is 0 Å². The smallest absolute Gasteiger partial charge is 0.228 e. The highest BCUT2D eigenvalue weighted by molar-refractivity contribution is 6.31. The number of hydrogen-bond donors (Lipinski definition) is 1. The van der Waals surface area contributed by atoms with Crippen molar-refractivity contribution in [1.29, 1.82) is 0 Å². The molecule has 0 aromatic heterocycles. The van der Waals surface area contributed by atoms with Gasteiger partial charge in [0.25, 0.3) is 0 Å². The van der Waals surface area contributed by atoms with Gasteiger partial charge in [0.05, 0.1) is 25.0 Å². The Kier molecular flexibility index (Phi) is 4.67. The number of rotatable bonds is 3. The second-order valence-corrected chi connectivity index (χ2v) is 7.74. The van der Waals surface area contributed by atoms with Crippen LogP contribution in [0.5, 0.6) is 0 Å². The van der Waals surface area contributed by atoms with E-state index in [1.807, 2.05) is 24.0 Å². The highest BCUT2D eigenvalue weighted by atomic mass is 35.5. The first-order valence-corrected chi connectivity index (χ1v) is 9.49. The number of anilines is 1. The number of nitrogens with zero attached hydrogens (tertiary/aromatic N) is 1. The number of carbonyl (C=O) groups is 2. The molecule has 2 aliphatic heterocycles. The molecule has 0 bridgehead atoms. The van der Waals surface area contributed by atoms with Crippen LogP contribution in [0.2, 0.25) is 5.02 Å². The molecule has 1 aromatic rings. The molecule has 1 saturated carbocycles. The normalized spacial score (nSPS) is 26.8. The highest BCUT2D eigenvalue weighted by Gasteiger charge is 2.51. The summed E-state index contributed by atoms with van der Waals surface area (Å²) in [5, 5.41) is 3.48. The van der Waals surface area contributed by atoms with E-state index in [4.69, 9.17) is 21.1 Å². The van der Waals surface area contributed by atoms with Gasteiger partial charge in [-0.25, -0.2) is 0 Å². The van der Waals surface area contributed by atoms with Crippen molar-refractivity contribution in [3.05, 3.63) is 28.8 Å². The summed E-state index contributed by atoms with van der Waals surface area (Å²) in [4.78, 5) is 26.9. The molecule has 2 unspecified atom stereocenters. The highest BCUT2D eigenvalue weighted by Crippen LogP contribution is 2.42. The summed E-state index contributed by atoms with van der Waals surface area (Å²) in [5.41, 5.74) is 1.63. The number of likely N-dealkylation sites (tertiary alicyclic amines) is 1. The second kappa shape index (κ2) is 6.83. The minimum atomic E-state index is -0.484. The standard InChI is InChI=1S/C19H23ClN2O4/c1-12-2-3-13(10-16(12)20)21-17(23)14-11-15(14)18(24)22-6-4-19(5-7-22)25-8-9-26-19/h2-3,10,14-15H,4-9,11H2,1H3,(H,21,23). The largest absolute Gasteiger partial charge is 0.347 e. The van der Waals surface area contributed by atoms with E-state index in [9.17, 15) is 9.59 Å². The van der Waals surface area contributed by atoms with Gasteiger partial charge in [-0.2, -0.15) is 0 Å². The summed E-state index contributed by atoms with van der Waals surface area (Å²) in [6.45, 7) is 4.41. The Morgan fingerprint density at radius 3 is 2.54 bits per heavy atom. The van der Waals surface area contributed by atoms with E-state index in [0.717, 1.165) is 5.56 Å². The number of nitrogens with one attached hydrogen (secondary N) is 1. The van der Waals surface area contributed by atoms with Crippen LogP contribution in [0.3, 0.4) is 0 Å². The number of benzene rings is 1. The van der Waals surface area contributed by atoms with Crippen LogP contribution in [0.1, 0.15) is 24.8 Å². The zero-order valence-electron chi connectivity index (χ0n) is 14.8. The van der Waals surface area contributed by atoms with E-state index in [1.54, 1.807) is 6.07 Å². The molecule has 7 heteroatoms. The quantitative estimate of drug-likeness (QED) is 0.877. The lowest BCUT2D eigenvalue weighted by Gasteiger charge is -2.37. The average Bonchev–Trinajstić information content (AvgIpc) is 3.32. The van der Waals surface area contributed by atoms with Gasteiger partial charge in [-0.1, -0.05) is 17.7 Å². The number of hydrogen-bond acceptors (Lipinski definition) is 4. The number of aryl methyl sites for hydroxylation is 1. The van der Waals surface area contributed by atoms with Gasteiger partial charge in [-0.05, 0) is 31.0 Å². The summed E-state index contributed by atoms with van der Waals surface area (Å²) in [5.74, 6) is -0.992. The third-order valence-corrected chi connectivity index (χ3v) is 5.94. The molecule has 0 radical (unpaired) electrons. The van der Waals surface area contributed by atoms with E-state index in [-0.39, 0.29) is 23.7 Å². The van der Waals surface area contributed by atoms with Crippen LogP contribution >= 0.6 is 11.6 Å². The predicted molar refractivity (Wildman–Crippen MR) is 96.9 cm³/mol. The summed E-state index contributed by atoms with van der Waals surface area (Å²) in [6, 6.07) is 5.42. The molecule has 26 heavy (non-hydrogen) atoms. The zero-order valence-corrected chi connectivity index (χ0v) is 15.6. The van der Waals surface area contributed by atoms with Crippen LogP contribution in [0.4, 0.5) is 5.69 Å². The lowest BCUT2D eigenvalue weighted by molar-refractivity contribution is -0.187. The summed E-state index contributed by atoms with van der Waals surface area (Å²) in [7, 11) is 0. The topological polar surface area (TPSA) is 67.9 Å². The fraction of sp³-hybridized carbons (Fsp3) is 0.579. The number of carbonyl (C=O) groups excluding carboxylic acids is 2. The molecule has 1 spiro atoms. The SMILES string of the molecule is Cc1ccc(NC(=O)C2CC2C(=O)N2CCC3(CC2)OCCO3)cc1Cl. The molecule has 4 rings (SSSR count). The van der Waals surface area contributed by atoms with Gasteiger partial charge < -0.3 is 19.7 Å². The van der Waals surface area contributed by atoms with E-state index >= 15 is 0 Å². The number of halogens is 1. The molecule has 3 fully saturated rings. The monoisotopic (exact) mass is 378 g/mol. The number of amides is 2. The molecule has 2 heterocycles. The van der Waals surface area contributed by atoms with E-state index in [1.165, 1.54) is 0 Å². The van der Waals surface area contributed by atoms with Crippen molar-refractivity contribution in [1.82, 2.24) is 4.90 Å². The maximum absolute atomic E-state index is 12.7. The van der Waals surface area contributed by atoms with Gasteiger partial charge in [-0.3, -0.25) is 9.59 Å². The summed E-state index contributed by atoms with van der Waals surface area (Å²) >= 11 is 6.09. The molecular formula is C19H23ClN2O4. The Labute approximate surface area is 157 Å². The molecular weight excluding hydrogens is 356 g/mol. The predicted octanol–water partition coefficient (Wildman–Crippen LogP) is 2.59. The van der Waals surface area contributed by atoms with E-state index in [0.29, 0.717) is 56.3 Å². The Balaban J connectivity index is 1.29. The van der Waals surface area contributed by atoms with Gasteiger partial charge in [0.1, 0.15) is 0 Å². The lowest BCUT2D eigenvalue weighted by Crippen LogP contribution is -2.48. The molecule has 140 valence electrons. The van der Waals surface area contributed by atoms with Gasteiger partial charge in [-0.15, -0.1) is 0 Å². The third-order valence-electron chi connectivity index (χ3n) is 5.53. The molecule has 1 N–H and O–H groups in total. The average molecular weight is 379 g/mol. The first-order valence-electron chi connectivity index (χ1n) is 9.11. The van der Waals surface area contributed by atoms with E-state index < -0.39 is 5.79 Å². The van der Waals surface area contributed by atoms with Crippen molar-refractivity contribution in [2.45, 2.75) is 32.0 Å². The summed E-state index contributed by atoms with van der Waals surface area (Å²) < 4.78 is 11.4. The van der Waals surface area contributed by atoms with Crippen LogP contribution in [0.15, 0.2) is 18.2 Å².